The molecule has 0 amide bonds. The average molecular weight is 216 g/mol. The SMILES string of the molecule is CC(C)(C)C1=CC=Cc2ccccc2S1. The molecule has 0 spiro atoms. The summed E-state index contributed by atoms with van der Waals surface area (Å²) in [6.07, 6.45) is 6.56. The van der Waals surface area contributed by atoms with Gasteiger partial charge in [0.25, 0.3) is 0 Å². The summed E-state index contributed by atoms with van der Waals surface area (Å²) < 4.78 is 0. The van der Waals surface area contributed by atoms with E-state index in [1.165, 1.54) is 15.4 Å². The molecule has 1 heterocycles. The van der Waals surface area contributed by atoms with Gasteiger partial charge in [-0.1, -0.05) is 69.0 Å². The Kier molecular flexibility index (Phi) is 2.74. The predicted molar refractivity (Wildman–Crippen MR) is 68.9 cm³/mol. The maximum Gasteiger partial charge on any atom is 0.0191 e. The summed E-state index contributed by atoms with van der Waals surface area (Å²) in [5.74, 6) is 0. The van der Waals surface area contributed by atoms with Gasteiger partial charge in [-0.05, 0) is 21.9 Å². The van der Waals surface area contributed by atoms with E-state index in [1.807, 2.05) is 11.8 Å². The zero-order valence-corrected chi connectivity index (χ0v) is 10.3. The van der Waals surface area contributed by atoms with Gasteiger partial charge in [-0.2, -0.15) is 0 Å². The van der Waals surface area contributed by atoms with E-state index in [0.29, 0.717) is 0 Å². The van der Waals surface area contributed by atoms with Crippen molar-refractivity contribution in [3.05, 3.63) is 46.9 Å². The van der Waals surface area contributed by atoms with Gasteiger partial charge in [0.05, 0.1) is 0 Å². The van der Waals surface area contributed by atoms with Crippen LogP contribution >= 0.6 is 11.8 Å². The molecule has 0 radical (unpaired) electrons. The Balaban J connectivity index is 2.40. The molecule has 1 heteroatoms. The van der Waals surface area contributed by atoms with Gasteiger partial charge in [-0.15, -0.1) is 0 Å². The number of thioether (sulfide) groups is 1. The van der Waals surface area contributed by atoms with Crippen molar-refractivity contribution in [3.8, 4) is 0 Å². The molecule has 0 saturated carbocycles. The molecular formula is C14H16S. The molecule has 1 aliphatic rings. The van der Waals surface area contributed by atoms with Gasteiger partial charge in [0, 0.05) is 4.90 Å². The highest BCUT2D eigenvalue weighted by Gasteiger charge is 2.19. The molecule has 2 rings (SSSR count). The van der Waals surface area contributed by atoms with Crippen LogP contribution in [-0.2, 0) is 0 Å². The van der Waals surface area contributed by atoms with Crippen LogP contribution in [0.1, 0.15) is 26.3 Å². The lowest BCUT2D eigenvalue weighted by Gasteiger charge is -2.21. The highest BCUT2D eigenvalue weighted by molar-refractivity contribution is 8.03. The largest absolute Gasteiger partial charge is 0.0934 e. The molecule has 1 aliphatic heterocycles. The van der Waals surface area contributed by atoms with Crippen LogP contribution in [0.15, 0.2) is 46.2 Å². The van der Waals surface area contributed by atoms with E-state index in [9.17, 15) is 0 Å². The fourth-order valence-corrected chi connectivity index (χ4v) is 2.60. The van der Waals surface area contributed by atoms with Gasteiger partial charge in [0.15, 0.2) is 0 Å². The van der Waals surface area contributed by atoms with Crippen molar-refractivity contribution in [3.63, 3.8) is 0 Å². The number of rotatable bonds is 0. The first-order valence-electron chi connectivity index (χ1n) is 5.23. The molecule has 0 unspecified atom stereocenters. The van der Waals surface area contributed by atoms with Crippen molar-refractivity contribution in [2.45, 2.75) is 25.7 Å². The molecule has 1 aromatic rings. The lowest BCUT2D eigenvalue weighted by Crippen LogP contribution is -2.06. The van der Waals surface area contributed by atoms with Crippen LogP contribution in [0.2, 0.25) is 0 Å². The summed E-state index contributed by atoms with van der Waals surface area (Å²) >= 11 is 1.88. The lowest BCUT2D eigenvalue weighted by molar-refractivity contribution is 0.533. The van der Waals surface area contributed by atoms with Gasteiger partial charge in [-0.3, -0.25) is 0 Å². The van der Waals surface area contributed by atoms with Crippen LogP contribution in [0, 0.1) is 5.41 Å². The molecule has 0 atom stereocenters. The maximum atomic E-state index is 2.26. The summed E-state index contributed by atoms with van der Waals surface area (Å²) in [6, 6.07) is 8.55. The molecule has 0 bridgehead atoms. The summed E-state index contributed by atoms with van der Waals surface area (Å²) in [5, 5.41) is 0. The summed E-state index contributed by atoms with van der Waals surface area (Å²) in [4.78, 5) is 2.77. The second-order valence-electron chi connectivity index (χ2n) is 4.78. The third-order valence-electron chi connectivity index (χ3n) is 2.40. The van der Waals surface area contributed by atoms with E-state index in [1.54, 1.807) is 0 Å². The van der Waals surface area contributed by atoms with Crippen LogP contribution in [0.25, 0.3) is 6.08 Å². The Hall–Kier alpha value is -0.950. The standard InChI is InChI=1S/C14H16S/c1-14(2,3)13-10-6-8-11-7-4-5-9-12(11)15-13/h4-10H,1-3H3. The molecule has 1 aromatic carbocycles. The fraction of sp³-hybridized carbons (Fsp3) is 0.286. The van der Waals surface area contributed by atoms with Gasteiger partial charge in [-0.25, -0.2) is 0 Å². The minimum Gasteiger partial charge on any atom is -0.0934 e. The van der Waals surface area contributed by atoms with Crippen LogP contribution in [-0.4, -0.2) is 0 Å². The van der Waals surface area contributed by atoms with Crippen LogP contribution in [0.5, 0.6) is 0 Å². The Morgan fingerprint density at radius 2 is 1.80 bits per heavy atom. The van der Waals surface area contributed by atoms with Gasteiger partial charge < -0.3 is 0 Å². The monoisotopic (exact) mass is 216 g/mol. The summed E-state index contributed by atoms with van der Waals surface area (Å²) in [6.45, 7) is 6.77. The minimum absolute atomic E-state index is 0.229. The van der Waals surface area contributed by atoms with E-state index < -0.39 is 0 Å². The number of hydrogen-bond donors (Lipinski definition) is 0. The quantitative estimate of drug-likeness (QED) is 0.604. The number of allylic oxidation sites excluding steroid dienone is 3. The lowest BCUT2D eigenvalue weighted by atomic mass is 9.96. The molecule has 0 aromatic heterocycles. The highest BCUT2D eigenvalue weighted by atomic mass is 32.2. The van der Waals surface area contributed by atoms with E-state index in [0.717, 1.165) is 0 Å². The Bertz CT molecular complexity index is 419. The summed E-state index contributed by atoms with van der Waals surface area (Å²) in [5.41, 5.74) is 1.55. The van der Waals surface area contributed by atoms with Gasteiger partial charge in [0.1, 0.15) is 0 Å². The Morgan fingerprint density at radius 3 is 2.53 bits per heavy atom. The van der Waals surface area contributed by atoms with E-state index >= 15 is 0 Å². The maximum absolute atomic E-state index is 2.26. The molecule has 78 valence electrons. The molecule has 0 aliphatic carbocycles. The summed E-state index contributed by atoms with van der Waals surface area (Å²) in [7, 11) is 0. The normalized spacial score (nSPS) is 15.5. The molecule has 15 heavy (non-hydrogen) atoms. The Labute approximate surface area is 96.1 Å². The topological polar surface area (TPSA) is 0 Å². The van der Waals surface area contributed by atoms with Crippen LogP contribution in [0.3, 0.4) is 0 Å². The van der Waals surface area contributed by atoms with Crippen molar-refractivity contribution in [1.29, 1.82) is 0 Å². The van der Waals surface area contributed by atoms with Crippen molar-refractivity contribution >= 4 is 17.8 Å². The first kappa shape index (κ1) is 10.6. The van der Waals surface area contributed by atoms with Crippen molar-refractivity contribution in [2.75, 3.05) is 0 Å². The molecule has 0 fully saturated rings. The first-order chi connectivity index (χ1) is 7.07. The first-order valence-corrected chi connectivity index (χ1v) is 6.05. The predicted octanol–water partition coefficient (Wildman–Crippen LogP) is 4.74. The average Bonchev–Trinajstić information content (AvgIpc) is 2.38. The van der Waals surface area contributed by atoms with E-state index in [4.69, 9.17) is 0 Å². The van der Waals surface area contributed by atoms with Crippen molar-refractivity contribution in [2.24, 2.45) is 5.41 Å². The molecular weight excluding hydrogens is 200 g/mol. The molecule has 0 N–H and O–H groups in total. The third kappa shape index (κ3) is 2.35. The fourth-order valence-electron chi connectivity index (χ4n) is 1.51. The van der Waals surface area contributed by atoms with Crippen LogP contribution < -0.4 is 0 Å². The minimum atomic E-state index is 0.229. The zero-order valence-electron chi connectivity index (χ0n) is 9.45. The number of hydrogen-bond acceptors (Lipinski definition) is 1. The number of fused-ring (bicyclic) bond motifs is 1. The molecule has 0 nitrogen and oxygen atoms in total. The third-order valence-corrected chi connectivity index (χ3v) is 3.96. The van der Waals surface area contributed by atoms with E-state index in [2.05, 4.69) is 63.3 Å². The highest BCUT2D eigenvalue weighted by Crippen LogP contribution is 2.41. The van der Waals surface area contributed by atoms with Crippen molar-refractivity contribution in [1.82, 2.24) is 0 Å². The van der Waals surface area contributed by atoms with Gasteiger partial charge in [0.2, 0.25) is 0 Å². The number of benzene rings is 1. The second kappa shape index (κ2) is 3.90. The smallest absolute Gasteiger partial charge is 0.0191 e. The Morgan fingerprint density at radius 1 is 1.07 bits per heavy atom. The zero-order chi connectivity index (χ0) is 10.9. The van der Waals surface area contributed by atoms with Crippen LogP contribution in [0.4, 0.5) is 0 Å². The van der Waals surface area contributed by atoms with Crippen molar-refractivity contribution < 1.29 is 0 Å². The second-order valence-corrected chi connectivity index (χ2v) is 5.86. The van der Waals surface area contributed by atoms with E-state index in [-0.39, 0.29) is 5.41 Å². The van der Waals surface area contributed by atoms with Gasteiger partial charge >= 0.3 is 0 Å². The molecule has 0 saturated heterocycles.